The van der Waals surface area contributed by atoms with Crippen molar-refractivity contribution < 1.29 is 0 Å². The quantitative estimate of drug-likeness (QED) is 0.338. The molecule has 4 rings (SSSR count). The Kier molecular flexibility index (Phi) is 5.05. The first kappa shape index (κ1) is 17.3. The van der Waals surface area contributed by atoms with Crippen LogP contribution in [0.2, 0.25) is 0 Å². The summed E-state index contributed by atoms with van der Waals surface area (Å²) < 4.78 is 0. The van der Waals surface area contributed by atoms with Gasteiger partial charge in [-0.2, -0.15) is 0 Å². The molecule has 2 heteroatoms. The summed E-state index contributed by atoms with van der Waals surface area (Å²) in [6.45, 7) is 0. The molecule has 128 valence electrons. The first-order chi connectivity index (χ1) is 12.8. The minimum Gasteiger partial charge on any atom is -0.129 e. The smallest absolute Gasteiger partial charge is 0.0237 e. The third-order valence-corrected chi connectivity index (χ3v) is 6.26. The summed E-state index contributed by atoms with van der Waals surface area (Å²) in [7, 11) is 0. The van der Waals surface area contributed by atoms with Crippen LogP contribution >= 0.6 is 23.5 Å². The fourth-order valence-electron chi connectivity index (χ4n) is 3.40. The van der Waals surface area contributed by atoms with E-state index in [0.29, 0.717) is 0 Å². The molecule has 0 amide bonds. The number of rotatable bonds is 4. The Bertz CT molecular complexity index is 1030. The van der Waals surface area contributed by atoms with Crippen molar-refractivity contribution in [1.29, 1.82) is 0 Å². The van der Waals surface area contributed by atoms with Crippen molar-refractivity contribution in [2.75, 3.05) is 12.5 Å². The van der Waals surface area contributed by atoms with Gasteiger partial charge in [-0.25, -0.2) is 0 Å². The first-order valence-corrected chi connectivity index (χ1v) is 11.1. The summed E-state index contributed by atoms with van der Waals surface area (Å²) in [5.41, 5.74) is 5.15. The number of fused-ring (bicyclic) bond motifs is 1. The van der Waals surface area contributed by atoms with E-state index in [4.69, 9.17) is 0 Å². The molecule has 0 spiro atoms. The zero-order valence-electron chi connectivity index (χ0n) is 14.9. The van der Waals surface area contributed by atoms with Crippen molar-refractivity contribution in [3.05, 3.63) is 84.9 Å². The van der Waals surface area contributed by atoms with Gasteiger partial charge in [0.05, 0.1) is 0 Å². The van der Waals surface area contributed by atoms with Crippen LogP contribution in [0, 0.1) is 0 Å². The van der Waals surface area contributed by atoms with Crippen LogP contribution in [-0.4, -0.2) is 12.5 Å². The molecule has 0 saturated carbocycles. The van der Waals surface area contributed by atoms with E-state index >= 15 is 0 Å². The van der Waals surface area contributed by atoms with Crippen molar-refractivity contribution in [2.45, 2.75) is 9.79 Å². The predicted molar refractivity (Wildman–Crippen MR) is 118 cm³/mol. The molecule has 0 saturated heterocycles. The average molecular weight is 373 g/mol. The van der Waals surface area contributed by atoms with Gasteiger partial charge in [-0.1, -0.05) is 78.9 Å². The fraction of sp³-hybridized carbons (Fsp3) is 0.0833. The van der Waals surface area contributed by atoms with Crippen LogP contribution in [-0.2, 0) is 0 Å². The van der Waals surface area contributed by atoms with Gasteiger partial charge in [0.25, 0.3) is 0 Å². The molecule has 0 N–H and O–H groups in total. The van der Waals surface area contributed by atoms with Gasteiger partial charge in [0, 0.05) is 15.4 Å². The maximum absolute atomic E-state index is 2.32. The van der Waals surface area contributed by atoms with E-state index in [9.17, 15) is 0 Å². The monoisotopic (exact) mass is 372 g/mol. The second-order valence-corrected chi connectivity index (χ2v) is 7.82. The molecule has 0 aliphatic heterocycles. The van der Waals surface area contributed by atoms with Crippen molar-refractivity contribution >= 4 is 34.3 Å². The molecule has 0 atom stereocenters. The summed E-state index contributed by atoms with van der Waals surface area (Å²) in [5.74, 6) is 0. The van der Waals surface area contributed by atoms with Gasteiger partial charge in [-0.15, -0.1) is 23.5 Å². The van der Waals surface area contributed by atoms with E-state index in [1.807, 2.05) is 23.5 Å². The molecule has 4 aromatic rings. The van der Waals surface area contributed by atoms with Crippen molar-refractivity contribution in [3.63, 3.8) is 0 Å². The predicted octanol–water partition coefficient (Wildman–Crippen LogP) is 7.62. The maximum atomic E-state index is 2.32. The zero-order chi connectivity index (χ0) is 17.9. The fourth-order valence-corrected chi connectivity index (χ4v) is 4.97. The van der Waals surface area contributed by atoms with Gasteiger partial charge in [-0.05, 0) is 46.0 Å². The molecule has 26 heavy (non-hydrogen) atoms. The standard InChI is InChI=1S/C24H20S2/c1-25-22-16-20-10-6-7-11-21(20)24(26-2)23(22)19-14-12-18(13-15-19)17-8-4-3-5-9-17/h3-16H,1-2H3. The van der Waals surface area contributed by atoms with Crippen molar-refractivity contribution in [3.8, 4) is 22.3 Å². The van der Waals surface area contributed by atoms with Crippen LogP contribution < -0.4 is 0 Å². The van der Waals surface area contributed by atoms with E-state index in [2.05, 4.69) is 97.4 Å². The third kappa shape index (κ3) is 3.15. The molecular weight excluding hydrogens is 352 g/mol. The van der Waals surface area contributed by atoms with Crippen LogP contribution in [0.4, 0.5) is 0 Å². The van der Waals surface area contributed by atoms with E-state index in [0.717, 1.165) is 0 Å². The van der Waals surface area contributed by atoms with Crippen LogP contribution in [0.15, 0.2) is 94.7 Å². The third-order valence-electron chi connectivity index (χ3n) is 4.67. The number of hydrogen-bond donors (Lipinski definition) is 0. The molecule has 0 nitrogen and oxygen atoms in total. The SMILES string of the molecule is CSc1cc2ccccc2c(SC)c1-c1ccc(-c2ccccc2)cc1. The first-order valence-electron chi connectivity index (χ1n) is 8.61. The topological polar surface area (TPSA) is 0 Å². The van der Waals surface area contributed by atoms with Crippen molar-refractivity contribution in [2.24, 2.45) is 0 Å². The van der Waals surface area contributed by atoms with Crippen LogP contribution in [0.5, 0.6) is 0 Å². The molecule has 0 heterocycles. The Hall–Kier alpha value is -2.16. The molecule has 0 aliphatic rings. The van der Waals surface area contributed by atoms with Gasteiger partial charge in [0.2, 0.25) is 0 Å². The highest BCUT2D eigenvalue weighted by Crippen LogP contribution is 2.43. The Balaban J connectivity index is 1.88. The highest BCUT2D eigenvalue weighted by atomic mass is 32.2. The van der Waals surface area contributed by atoms with Crippen molar-refractivity contribution in [1.82, 2.24) is 0 Å². The highest BCUT2D eigenvalue weighted by molar-refractivity contribution is 7.99. The lowest BCUT2D eigenvalue weighted by Gasteiger charge is -2.16. The molecule has 4 aromatic carbocycles. The summed E-state index contributed by atoms with van der Waals surface area (Å²) >= 11 is 3.66. The molecule has 0 fully saturated rings. The minimum atomic E-state index is 1.26. The summed E-state index contributed by atoms with van der Waals surface area (Å²) in [6, 6.07) is 30.5. The second kappa shape index (κ2) is 7.61. The minimum absolute atomic E-state index is 1.26. The normalized spacial score (nSPS) is 11.0. The lowest BCUT2D eigenvalue weighted by Crippen LogP contribution is -1.89. The zero-order valence-corrected chi connectivity index (χ0v) is 16.5. The largest absolute Gasteiger partial charge is 0.129 e. The lowest BCUT2D eigenvalue weighted by molar-refractivity contribution is 1.38. The van der Waals surface area contributed by atoms with Gasteiger partial charge >= 0.3 is 0 Å². The summed E-state index contributed by atoms with van der Waals surface area (Å²) in [6.07, 6.45) is 4.34. The highest BCUT2D eigenvalue weighted by Gasteiger charge is 2.14. The summed E-state index contributed by atoms with van der Waals surface area (Å²) in [5, 5.41) is 2.64. The van der Waals surface area contributed by atoms with E-state index in [1.54, 1.807) is 0 Å². The Morgan fingerprint density at radius 1 is 0.577 bits per heavy atom. The van der Waals surface area contributed by atoms with Gasteiger partial charge < -0.3 is 0 Å². The van der Waals surface area contributed by atoms with Gasteiger partial charge in [0.15, 0.2) is 0 Å². The van der Waals surface area contributed by atoms with E-state index < -0.39 is 0 Å². The summed E-state index contributed by atoms with van der Waals surface area (Å²) in [4.78, 5) is 2.69. The second-order valence-electron chi connectivity index (χ2n) is 6.15. The van der Waals surface area contributed by atoms with E-state index in [-0.39, 0.29) is 0 Å². The molecule has 0 unspecified atom stereocenters. The Morgan fingerprint density at radius 3 is 1.88 bits per heavy atom. The Labute approximate surface area is 163 Å². The number of hydrogen-bond acceptors (Lipinski definition) is 2. The molecule has 0 aromatic heterocycles. The molecule has 0 aliphatic carbocycles. The maximum Gasteiger partial charge on any atom is 0.0237 e. The number of benzene rings is 4. The average Bonchev–Trinajstić information content (AvgIpc) is 2.73. The van der Waals surface area contributed by atoms with Gasteiger partial charge in [-0.3, -0.25) is 0 Å². The molecular formula is C24H20S2. The molecule has 0 bridgehead atoms. The number of thioether (sulfide) groups is 2. The van der Waals surface area contributed by atoms with Gasteiger partial charge in [0.1, 0.15) is 0 Å². The Morgan fingerprint density at radius 2 is 1.19 bits per heavy atom. The van der Waals surface area contributed by atoms with Crippen LogP contribution in [0.3, 0.4) is 0 Å². The molecule has 0 radical (unpaired) electrons. The van der Waals surface area contributed by atoms with E-state index in [1.165, 1.54) is 42.8 Å². The van der Waals surface area contributed by atoms with Crippen LogP contribution in [0.1, 0.15) is 0 Å². The van der Waals surface area contributed by atoms with Crippen LogP contribution in [0.25, 0.3) is 33.0 Å². The lowest BCUT2D eigenvalue weighted by atomic mass is 9.98.